The molecule has 1 fully saturated rings. The molecule has 1 atom stereocenters. The van der Waals surface area contributed by atoms with Crippen LogP contribution in [-0.2, 0) is 4.08 Å². The van der Waals surface area contributed by atoms with Crippen molar-refractivity contribution < 1.29 is 0 Å². The van der Waals surface area contributed by atoms with E-state index in [1.807, 2.05) is 0 Å². The number of rotatable bonds is 5. The fourth-order valence-corrected chi connectivity index (χ4v) is 6.17. The van der Waals surface area contributed by atoms with Crippen molar-refractivity contribution in [2.75, 3.05) is 11.5 Å². The molecule has 2 heteroatoms. The van der Waals surface area contributed by atoms with Crippen LogP contribution in [-0.4, -0.2) is 11.5 Å². The zero-order valence-electron chi connectivity index (χ0n) is 11.7. The van der Waals surface area contributed by atoms with Crippen LogP contribution in [0, 0.1) is 12.8 Å². The molecule has 2 rings (SSSR count). The highest BCUT2D eigenvalue weighted by Crippen LogP contribution is 2.57. The van der Waals surface area contributed by atoms with Gasteiger partial charge in [-0.05, 0) is 24.8 Å². The van der Waals surface area contributed by atoms with Gasteiger partial charge >= 0.3 is 0 Å². The van der Waals surface area contributed by atoms with Crippen molar-refractivity contribution in [3.05, 3.63) is 35.4 Å². The van der Waals surface area contributed by atoms with Gasteiger partial charge in [0.15, 0.2) is 0 Å². The lowest BCUT2D eigenvalue weighted by atomic mass is 9.94. The van der Waals surface area contributed by atoms with Gasteiger partial charge in [0.2, 0.25) is 0 Å². The van der Waals surface area contributed by atoms with Crippen molar-refractivity contribution in [1.82, 2.24) is 0 Å². The van der Waals surface area contributed by atoms with E-state index in [1.54, 1.807) is 0 Å². The molecule has 1 unspecified atom stereocenters. The summed E-state index contributed by atoms with van der Waals surface area (Å²) in [5, 5.41) is 0. The van der Waals surface area contributed by atoms with Crippen molar-refractivity contribution in [3.8, 4) is 0 Å². The van der Waals surface area contributed by atoms with Crippen LogP contribution in [0.15, 0.2) is 24.3 Å². The normalized spacial score (nSPS) is 19.9. The van der Waals surface area contributed by atoms with Crippen LogP contribution >= 0.6 is 23.5 Å². The molecule has 0 aliphatic carbocycles. The minimum Gasteiger partial charge on any atom is -0.138 e. The Labute approximate surface area is 120 Å². The molecule has 0 amide bonds. The summed E-state index contributed by atoms with van der Waals surface area (Å²) in [4.78, 5) is 0. The van der Waals surface area contributed by atoms with Gasteiger partial charge in [-0.2, -0.15) is 0 Å². The summed E-state index contributed by atoms with van der Waals surface area (Å²) in [6.45, 7) is 6.91. The highest BCUT2D eigenvalue weighted by atomic mass is 32.2. The number of benzene rings is 1. The maximum atomic E-state index is 2.45. The lowest BCUT2D eigenvalue weighted by molar-refractivity contribution is 0.472. The van der Waals surface area contributed by atoms with E-state index in [2.05, 4.69) is 68.6 Å². The van der Waals surface area contributed by atoms with Crippen molar-refractivity contribution >= 4 is 23.5 Å². The van der Waals surface area contributed by atoms with Crippen molar-refractivity contribution in [2.24, 2.45) is 5.92 Å². The minimum absolute atomic E-state index is 0.322. The van der Waals surface area contributed by atoms with Gasteiger partial charge in [0.1, 0.15) is 0 Å². The number of hydrogen-bond donors (Lipinski definition) is 0. The van der Waals surface area contributed by atoms with Crippen LogP contribution in [0.1, 0.15) is 44.2 Å². The first kappa shape index (κ1) is 14.3. The monoisotopic (exact) mass is 280 g/mol. The van der Waals surface area contributed by atoms with Gasteiger partial charge in [-0.3, -0.25) is 0 Å². The fraction of sp³-hybridized carbons (Fsp3) is 0.625. The molecule has 1 heterocycles. The molecule has 18 heavy (non-hydrogen) atoms. The van der Waals surface area contributed by atoms with E-state index in [-0.39, 0.29) is 0 Å². The van der Waals surface area contributed by atoms with E-state index in [9.17, 15) is 0 Å². The first-order chi connectivity index (χ1) is 8.69. The predicted molar refractivity (Wildman–Crippen MR) is 86.5 cm³/mol. The predicted octanol–water partition coefficient (Wildman–Crippen LogP) is 5.45. The van der Waals surface area contributed by atoms with Gasteiger partial charge in [-0.25, -0.2) is 0 Å². The molecular formula is C16H24S2. The Bertz CT molecular complexity index is 363. The summed E-state index contributed by atoms with van der Waals surface area (Å²) in [5.41, 5.74) is 2.90. The van der Waals surface area contributed by atoms with Gasteiger partial charge in [-0.15, -0.1) is 23.5 Å². The second-order valence-electron chi connectivity index (χ2n) is 5.27. The second kappa shape index (κ2) is 6.38. The van der Waals surface area contributed by atoms with Crippen LogP contribution in [0.5, 0.6) is 0 Å². The van der Waals surface area contributed by atoms with Gasteiger partial charge in [0.25, 0.3) is 0 Å². The lowest BCUT2D eigenvalue weighted by Gasteiger charge is -2.34. The van der Waals surface area contributed by atoms with E-state index < -0.39 is 0 Å². The zero-order valence-corrected chi connectivity index (χ0v) is 13.4. The van der Waals surface area contributed by atoms with E-state index in [0.29, 0.717) is 4.08 Å². The topological polar surface area (TPSA) is 0 Å². The molecule has 1 aromatic carbocycles. The Morgan fingerprint density at radius 3 is 2.33 bits per heavy atom. The molecule has 0 spiro atoms. The van der Waals surface area contributed by atoms with Crippen LogP contribution < -0.4 is 0 Å². The smallest absolute Gasteiger partial charge is 0.0886 e. The molecule has 0 nitrogen and oxygen atoms in total. The number of thioether (sulfide) groups is 2. The van der Waals surface area contributed by atoms with Crippen LogP contribution in [0.4, 0.5) is 0 Å². The SMILES string of the molecule is CCCCC(C)C1(c2ccc(C)cc2)SCCS1. The summed E-state index contributed by atoms with van der Waals surface area (Å²) in [6.07, 6.45) is 4.02. The van der Waals surface area contributed by atoms with Gasteiger partial charge in [0, 0.05) is 11.5 Å². The zero-order chi connectivity index (χ0) is 13.0. The third kappa shape index (κ3) is 2.91. The molecule has 0 N–H and O–H groups in total. The summed E-state index contributed by atoms with van der Waals surface area (Å²) >= 11 is 4.34. The highest BCUT2D eigenvalue weighted by molar-refractivity contribution is 8.20. The van der Waals surface area contributed by atoms with E-state index in [1.165, 1.54) is 41.9 Å². The summed E-state index contributed by atoms with van der Waals surface area (Å²) in [5.74, 6) is 3.36. The highest BCUT2D eigenvalue weighted by Gasteiger charge is 2.41. The third-order valence-corrected chi connectivity index (χ3v) is 7.73. The molecule has 1 aliphatic heterocycles. The maximum Gasteiger partial charge on any atom is 0.0886 e. The quantitative estimate of drug-likeness (QED) is 0.703. The molecule has 0 bridgehead atoms. The number of unbranched alkanes of at least 4 members (excludes halogenated alkanes) is 1. The van der Waals surface area contributed by atoms with E-state index >= 15 is 0 Å². The van der Waals surface area contributed by atoms with Gasteiger partial charge < -0.3 is 0 Å². The van der Waals surface area contributed by atoms with Crippen LogP contribution in [0.3, 0.4) is 0 Å². The number of aryl methyl sites for hydroxylation is 1. The molecule has 1 aliphatic rings. The second-order valence-corrected chi connectivity index (χ2v) is 8.21. The molecule has 1 saturated heterocycles. The molecular weight excluding hydrogens is 256 g/mol. The summed E-state index contributed by atoms with van der Waals surface area (Å²) in [6, 6.07) is 9.23. The first-order valence-corrected chi connectivity index (χ1v) is 9.01. The Kier molecular flexibility index (Phi) is 5.08. The van der Waals surface area contributed by atoms with Crippen molar-refractivity contribution in [3.63, 3.8) is 0 Å². The fourth-order valence-electron chi connectivity index (χ4n) is 2.65. The Balaban J connectivity index is 2.23. The molecule has 100 valence electrons. The van der Waals surface area contributed by atoms with Crippen LogP contribution in [0.2, 0.25) is 0 Å². The standard InChI is InChI=1S/C16H24S2/c1-4-5-6-14(3)16(17-11-12-18-16)15-9-7-13(2)8-10-15/h7-10,14H,4-6,11-12H2,1-3H3. The Morgan fingerprint density at radius 2 is 1.78 bits per heavy atom. The Morgan fingerprint density at radius 1 is 1.17 bits per heavy atom. The maximum absolute atomic E-state index is 2.45. The lowest BCUT2D eigenvalue weighted by Crippen LogP contribution is -2.24. The molecule has 1 aromatic rings. The van der Waals surface area contributed by atoms with Gasteiger partial charge in [0.05, 0.1) is 4.08 Å². The molecule has 0 radical (unpaired) electrons. The third-order valence-electron chi connectivity index (χ3n) is 3.81. The minimum atomic E-state index is 0.322. The Hall–Kier alpha value is -0.0800. The summed E-state index contributed by atoms with van der Waals surface area (Å²) < 4.78 is 0.322. The average molecular weight is 281 g/mol. The van der Waals surface area contributed by atoms with Crippen molar-refractivity contribution in [1.29, 1.82) is 0 Å². The molecule has 0 saturated carbocycles. The molecule has 0 aromatic heterocycles. The average Bonchev–Trinajstić information content (AvgIpc) is 2.87. The first-order valence-electron chi connectivity index (χ1n) is 7.04. The van der Waals surface area contributed by atoms with E-state index in [4.69, 9.17) is 0 Å². The van der Waals surface area contributed by atoms with Crippen LogP contribution in [0.25, 0.3) is 0 Å². The van der Waals surface area contributed by atoms with Gasteiger partial charge in [-0.1, -0.05) is 56.5 Å². The number of hydrogen-bond acceptors (Lipinski definition) is 2. The largest absolute Gasteiger partial charge is 0.138 e. The van der Waals surface area contributed by atoms with E-state index in [0.717, 1.165) is 5.92 Å². The summed E-state index contributed by atoms with van der Waals surface area (Å²) in [7, 11) is 0. The van der Waals surface area contributed by atoms with Crippen molar-refractivity contribution in [2.45, 2.75) is 44.1 Å².